The lowest BCUT2D eigenvalue weighted by Gasteiger charge is -2.20. The van der Waals surface area contributed by atoms with Gasteiger partial charge in [0.2, 0.25) is 0 Å². The van der Waals surface area contributed by atoms with E-state index in [1.165, 1.54) is 5.56 Å². The summed E-state index contributed by atoms with van der Waals surface area (Å²) in [6, 6.07) is 7.69. The maximum absolute atomic E-state index is 12.1. The molecule has 0 radical (unpaired) electrons. The highest BCUT2D eigenvalue weighted by atomic mass is 16.5. The molecule has 0 unspecified atom stereocenters. The summed E-state index contributed by atoms with van der Waals surface area (Å²) in [4.78, 5) is 25.0. The van der Waals surface area contributed by atoms with Crippen molar-refractivity contribution in [3.63, 3.8) is 0 Å². The molecular weight excluding hydrogens is 282 g/mol. The summed E-state index contributed by atoms with van der Waals surface area (Å²) in [6.45, 7) is 6.94. The number of carbonyl (C=O) groups is 2. The van der Waals surface area contributed by atoms with Gasteiger partial charge < -0.3 is 14.4 Å². The fourth-order valence-electron chi connectivity index (χ4n) is 1.98. The normalized spacial score (nSPS) is 10.1. The highest BCUT2D eigenvalue weighted by Crippen LogP contribution is 2.12. The smallest absolute Gasteiger partial charge is 0.307 e. The lowest BCUT2D eigenvalue weighted by Crippen LogP contribution is -2.36. The van der Waals surface area contributed by atoms with Gasteiger partial charge in [-0.1, -0.05) is 19.1 Å². The zero-order chi connectivity index (χ0) is 16.4. The number of carbonyl (C=O) groups excluding carboxylic acids is 2. The van der Waals surface area contributed by atoms with Crippen molar-refractivity contribution in [2.45, 2.75) is 33.6 Å². The van der Waals surface area contributed by atoms with Crippen molar-refractivity contribution in [2.24, 2.45) is 0 Å². The molecule has 0 aliphatic carbocycles. The van der Waals surface area contributed by atoms with Gasteiger partial charge in [0.1, 0.15) is 5.75 Å². The van der Waals surface area contributed by atoms with Crippen LogP contribution in [-0.2, 0) is 20.7 Å². The molecule has 5 nitrogen and oxygen atoms in total. The Morgan fingerprint density at radius 3 is 2.32 bits per heavy atom. The molecule has 1 amide bonds. The predicted molar refractivity (Wildman–Crippen MR) is 84.8 cm³/mol. The third-order valence-electron chi connectivity index (χ3n) is 3.32. The van der Waals surface area contributed by atoms with Crippen molar-refractivity contribution in [1.82, 2.24) is 4.90 Å². The van der Waals surface area contributed by atoms with Crippen LogP contribution in [0.3, 0.4) is 0 Å². The molecule has 1 rings (SSSR count). The van der Waals surface area contributed by atoms with Gasteiger partial charge in [0.05, 0.1) is 13.0 Å². The van der Waals surface area contributed by atoms with E-state index in [1.807, 2.05) is 31.2 Å². The fraction of sp³-hybridized carbons (Fsp3) is 0.529. The molecule has 0 saturated carbocycles. The average molecular weight is 307 g/mol. The van der Waals surface area contributed by atoms with E-state index in [0.29, 0.717) is 25.4 Å². The molecule has 0 fully saturated rings. The van der Waals surface area contributed by atoms with Gasteiger partial charge in [-0.3, -0.25) is 9.59 Å². The molecule has 1 aromatic carbocycles. The van der Waals surface area contributed by atoms with E-state index in [-0.39, 0.29) is 24.9 Å². The van der Waals surface area contributed by atoms with Crippen LogP contribution in [0, 0.1) is 0 Å². The number of hydrogen-bond acceptors (Lipinski definition) is 4. The van der Waals surface area contributed by atoms with E-state index in [4.69, 9.17) is 9.47 Å². The van der Waals surface area contributed by atoms with E-state index < -0.39 is 0 Å². The van der Waals surface area contributed by atoms with Crippen LogP contribution in [0.4, 0.5) is 0 Å². The highest BCUT2D eigenvalue weighted by Gasteiger charge is 2.14. The molecule has 0 aliphatic rings. The Balaban J connectivity index is 2.41. The number of amides is 1. The Kier molecular flexibility index (Phi) is 8.04. The molecular formula is C17H25NO4. The number of aryl methyl sites for hydroxylation is 1. The van der Waals surface area contributed by atoms with E-state index in [1.54, 1.807) is 11.8 Å². The first kappa shape index (κ1) is 18.0. The van der Waals surface area contributed by atoms with Crippen molar-refractivity contribution in [3.8, 4) is 5.75 Å². The molecule has 0 aliphatic heterocycles. The standard InChI is InChI=1S/C17H25NO4/c1-4-14-7-9-15(10-8-14)22-13-16(19)18(5-2)12-11-17(20)21-6-3/h7-10H,4-6,11-13H2,1-3H3. The lowest BCUT2D eigenvalue weighted by molar-refractivity contribution is -0.144. The molecule has 0 aromatic heterocycles. The van der Waals surface area contributed by atoms with Gasteiger partial charge in [0, 0.05) is 13.1 Å². The van der Waals surface area contributed by atoms with Crippen LogP contribution in [-0.4, -0.2) is 43.1 Å². The van der Waals surface area contributed by atoms with Crippen molar-refractivity contribution in [3.05, 3.63) is 29.8 Å². The first-order valence-electron chi connectivity index (χ1n) is 7.75. The maximum Gasteiger partial charge on any atom is 0.307 e. The summed E-state index contributed by atoms with van der Waals surface area (Å²) in [5.74, 6) is 0.253. The summed E-state index contributed by atoms with van der Waals surface area (Å²) in [7, 11) is 0. The predicted octanol–water partition coefficient (Wildman–Crippen LogP) is 2.43. The molecule has 22 heavy (non-hydrogen) atoms. The Morgan fingerprint density at radius 2 is 1.77 bits per heavy atom. The van der Waals surface area contributed by atoms with Crippen LogP contribution >= 0.6 is 0 Å². The van der Waals surface area contributed by atoms with Gasteiger partial charge in [-0.05, 0) is 38.0 Å². The summed E-state index contributed by atoms with van der Waals surface area (Å²) < 4.78 is 10.4. The van der Waals surface area contributed by atoms with E-state index in [2.05, 4.69) is 6.92 Å². The highest BCUT2D eigenvalue weighted by molar-refractivity contribution is 5.78. The first-order chi connectivity index (χ1) is 10.6. The topological polar surface area (TPSA) is 55.8 Å². The number of benzene rings is 1. The molecule has 0 heterocycles. The zero-order valence-electron chi connectivity index (χ0n) is 13.6. The molecule has 122 valence electrons. The molecule has 0 N–H and O–H groups in total. The van der Waals surface area contributed by atoms with E-state index >= 15 is 0 Å². The van der Waals surface area contributed by atoms with E-state index in [9.17, 15) is 9.59 Å². The van der Waals surface area contributed by atoms with Crippen LogP contribution < -0.4 is 4.74 Å². The summed E-state index contributed by atoms with van der Waals surface area (Å²) >= 11 is 0. The van der Waals surface area contributed by atoms with Crippen molar-refractivity contribution >= 4 is 11.9 Å². The first-order valence-corrected chi connectivity index (χ1v) is 7.75. The number of likely N-dealkylation sites (N-methyl/N-ethyl adjacent to an activating group) is 1. The SMILES string of the molecule is CCOC(=O)CCN(CC)C(=O)COc1ccc(CC)cc1. The Bertz CT molecular complexity index is 470. The van der Waals surface area contributed by atoms with Gasteiger partial charge in [-0.15, -0.1) is 0 Å². The molecule has 1 aromatic rings. The molecule has 5 heteroatoms. The maximum atomic E-state index is 12.1. The summed E-state index contributed by atoms with van der Waals surface area (Å²) in [5.41, 5.74) is 1.23. The second-order valence-corrected chi connectivity index (χ2v) is 4.81. The van der Waals surface area contributed by atoms with E-state index in [0.717, 1.165) is 6.42 Å². The number of ether oxygens (including phenoxy) is 2. The van der Waals surface area contributed by atoms with Crippen LogP contribution in [0.25, 0.3) is 0 Å². The number of nitrogens with zero attached hydrogens (tertiary/aromatic N) is 1. The number of hydrogen-bond donors (Lipinski definition) is 0. The monoisotopic (exact) mass is 307 g/mol. The fourth-order valence-corrected chi connectivity index (χ4v) is 1.98. The average Bonchev–Trinajstić information content (AvgIpc) is 2.54. The largest absolute Gasteiger partial charge is 0.484 e. The third-order valence-corrected chi connectivity index (χ3v) is 3.32. The van der Waals surface area contributed by atoms with Crippen LogP contribution in [0.1, 0.15) is 32.8 Å². The van der Waals surface area contributed by atoms with Crippen LogP contribution in [0.2, 0.25) is 0 Å². The molecule has 0 bridgehead atoms. The molecule has 0 atom stereocenters. The third kappa shape index (κ3) is 6.16. The Hall–Kier alpha value is -2.04. The second kappa shape index (κ2) is 9.82. The van der Waals surface area contributed by atoms with Gasteiger partial charge >= 0.3 is 5.97 Å². The van der Waals surface area contributed by atoms with Gasteiger partial charge in [0.15, 0.2) is 6.61 Å². The van der Waals surface area contributed by atoms with Gasteiger partial charge in [0.25, 0.3) is 5.91 Å². The minimum atomic E-state index is -0.287. The zero-order valence-corrected chi connectivity index (χ0v) is 13.6. The Morgan fingerprint density at radius 1 is 1.09 bits per heavy atom. The van der Waals surface area contributed by atoms with Crippen molar-refractivity contribution < 1.29 is 19.1 Å². The summed E-state index contributed by atoms with van der Waals surface area (Å²) in [5, 5.41) is 0. The van der Waals surface area contributed by atoms with Gasteiger partial charge in [-0.25, -0.2) is 0 Å². The second-order valence-electron chi connectivity index (χ2n) is 4.81. The molecule has 0 saturated heterocycles. The minimum Gasteiger partial charge on any atom is -0.484 e. The quantitative estimate of drug-likeness (QED) is 0.658. The number of esters is 1. The van der Waals surface area contributed by atoms with Crippen LogP contribution in [0.5, 0.6) is 5.75 Å². The van der Waals surface area contributed by atoms with Crippen molar-refractivity contribution in [2.75, 3.05) is 26.3 Å². The summed E-state index contributed by atoms with van der Waals surface area (Å²) in [6.07, 6.45) is 1.18. The number of rotatable bonds is 9. The molecule has 0 spiro atoms. The van der Waals surface area contributed by atoms with Crippen molar-refractivity contribution in [1.29, 1.82) is 0 Å². The Labute approximate surface area is 132 Å². The lowest BCUT2D eigenvalue weighted by atomic mass is 10.2. The minimum absolute atomic E-state index is 0.0257. The van der Waals surface area contributed by atoms with Gasteiger partial charge in [-0.2, -0.15) is 0 Å². The van der Waals surface area contributed by atoms with Crippen LogP contribution in [0.15, 0.2) is 24.3 Å².